The molecule has 0 aliphatic rings. The van der Waals surface area contributed by atoms with E-state index in [1.807, 2.05) is 19.9 Å². The van der Waals surface area contributed by atoms with Gasteiger partial charge < -0.3 is 44.8 Å². The van der Waals surface area contributed by atoms with Crippen LogP contribution < -0.4 is 354 Å². The summed E-state index contributed by atoms with van der Waals surface area (Å²) in [6.45, 7) is 4.00. The predicted octanol–water partition coefficient (Wildman–Crippen LogP) is -13.2. The topological polar surface area (TPSA) is 150 Å². The molecule has 0 aromatic heterocycles. The van der Waals surface area contributed by atoms with Gasteiger partial charge in [0.05, 0.1) is 0 Å². The van der Waals surface area contributed by atoms with Crippen LogP contribution in [0.4, 0.5) is 9.59 Å². The molecule has 3 N–H and O–H groups in total. The zero-order valence-corrected chi connectivity index (χ0v) is 47.8. The summed E-state index contributed by atoms with van der Waals surface area (Å²) in [5, 5.41) is 20.0. The SMILES string of the molecule is CC.C[N-]C(=O)Oc1ccccc1.C[N-]C(=O)[N-]O.[H-].[H-].[NH-]O.[Rb+].[Rb+].[Rb+].[Rb+].[Rb+].[Rb+]. The van der Waals surface area contributed by atoms with Crippen molar-refractivity contribution in [2.75, 3.05) is 14.1 Å². The van der Waals surface area contributed by atoms with E-state index in [2.05, 4.69) is 16.1 Å². The smallest absolute Gasteiger partial charge is 1.00 e. The summed E-state index contributed by atoms with van der Waals surface area (Å²) < 4.78 is 4.76. The third-order valence-corrected chi connectivity index (χ3v) is 1.41. The van der Waals surface area contributed by atoms with Crippen LogP contribution in [0.1, 0.15) is 16.7 Å². The third kappa shape index (κ3) is 51.9. The van der Waals surface area contributed by atoms with Crippen molar-refractivity contribution in [1.82, 2.24) is 0 Å². The van der Waals surface area contributed by atoms with Crippen molar-refractivity contribution in [2.45, 2.75) is 13.8 Å². The van der Waals surface area contributed by atoms with Gasteiger partial charge in [-0.1, -0.05) is 32.0 Å². The molecule has 0 saturated carbocycles. The maximum Gasteiger partial charge on any atom is 1.00 e. The van der Waals surface area contributed by atoms with Gasteiger partial charge in [0.25, 0.3) is 0 Å². The van der Waals surface area contributed by atoms with E-state index in [1.54, 1.807) is 24.3 Å². The van der Waals surface area contributed by atoms with Gasteiger partial charge in [-0.25, -0.2) is 0 Å². The number of carbonyl (C=O) groups excluding carboxylic acids is 2. The summed E-state index contributed by atoms with van der Waals surface area (Å²) in [6.07, 6.45) is -0.573. The number of benzene rings is 1. The van der Waals surface area contributed by atoms with Gasteiger partial charge in [0.15, 0.2) is 0 Å². The van der Waals surface area contributed by atoms with E-state index in [1.165, 1.54) is 14.1 Å². The van der Waals surface area contributed by atoms with Crippen LogP contribution in [-0.2, 0) is 0 Å². The van der Waals surface area contributed by atoms with Crippen molar-refractivity contribution < 1.29 is 377 Å². The normalized spacial score (nSPS) is 5.59. The van der Waals surface area contributed by atoms with Gasteiger partial charge in [0, 0.05) is 0 Å². The molecular formula is C12H22N4O5Rb6. The van der Waals surface area contributed by atoms with Crippen molar-refractivity contribution in [3.8, 4) is 5.75 Å². The van der Waals surface area contributed by atoms with Crippen molar-refractivity contribution in [3.05, 3.63) is 52.3 Å². The quantitative estimate of drug-likeness (QED) is 0.214. The Balaban J connectivity index is -0.0000000181. The average Bonchev–Trinajstić information content (AvgIpc) is 2.59. The van der Waals surface area contributed by atoms with Gasteiger partial charge in [0.2, 0.25) is 6.09 Å². The number of carbonyl (C=O) groups is 2. The molecule has 15 heteroatoms. The Hall–Kier alpha value is 8.47. The van der Waals surface area contributed by atoms with Gasteiger partial charge in [-0.15, -0.1) is 14.1 Å². The fraction of sp³-hybridized carbons (Fsp3) is 0.333. The van der Waals surface area contributed by atoms with Crippen LogP contribution in [0, 0.1) is 0 Å². The Bertz CT molecular complexity index is 374. The molecule has 1 aromatic carbocycles. The van der Waals surface area contributed by atoms with E-state index in [4.69, 9.17) is 21.0 Å². The number of nitrogens with zero attached hydrogens (tertiary/aromatic N) is 3. The molecule has 0 heterocycles. The predicted molar refractivity (Wildman–Crippen MR) is 81.3 cm³/mol. The first-order chi connectivity index (χ1) is 10.1. The maximum absolute atomic E-state index is 10.6. The standard InChI is InChI=1S/C8H9NO2.C2H5N2O2.C2H6.H2NO.6Rb.2H/c1-9-8(10)11-7-5-3-2-4-6-7;1-3-2(5)4-6;2*1-2;;;;;;;;/h2-6H,1H3,(H,9,10);1H3,(H2-,3,4,5,6);1-2H3;1-2H;;;;;;;;/q;-1;;-1;6*+1;2*-1/p-2. The molecular weight excluding hydrogens is 793 g/mol. The van der Waals surface area contributed by atoms with Crippen molar-refractivity contribution in [1.29, 1.82) is 0 Å². The van der Waals surface area contributed by atoms with Crippen LogP contribution in [0.15, 0.2) is 30.3 Å². The second-order valence-corrected chi connectivity index (χ2v) is 2.51. The number of hydroxylamine groups is 1. The molecule has 1 aromatic rings. The monoisotopic (exact) mass is 812 g/mol. The molecule has 0 aliphatic heterocycles. The first kappa shape index (κ1) is 60.2. The molecule has 0 aliphatic carbocycles. The molecule has 126 valence electrons. The second-order valence-electron chi connectivity index (χ2n) is 2.51. The van der Waals surface area contributed by atoms with Crippen LogP contribution in [0.25, 0.3) is 22.0 Å². The van der Waals surface area contributed by atoms with Crippen molar-refractivity contribution >= 4 is 12.1 Å². The molecule has 3 amide bonds. The number of rotatable bonds is 1. The Kier molecular flexibility index (Phi) is 123. The van der Waals surface area contributed by atoms with Gasteiger partial charge in [-0.3, -0.25) is 4.79 Å². The first-order valence-corrected chi connectivity index (χ1v) is 5.72. The van der Waals surface area contributed by atoms with Gasteiger partial charge in [-0.05, 0) is 18.2 Å². The summed E-state index contributed by atoms with van der Waals surface area (Å²) in [5.74, 6) is 5.27. The number of amides is 3. The van der Waals surface area contributed by atoms with Crippen molar-refractivity contribution in [3.63, 3.8) is 0 Å². The molecule has 27 heavy (non-hydrogen) atoms. The van der Waals surface area contributed by atoms with Gasteiger partial charge in [0.1, 0.15) is 5.75 Å². The number of urea groups is 1. The van der Waals surface area contributed by atoms with E-state index < -0.39 is 12.1 Å². The molecule has 0 spiro atoms. The molecule has 1 rings (SSSR count). The molecule has 0 saturated heterocycles. The first-order valence-electron chi connectivity index (χ1n) is 5.72. The van der Waals surface area contributed by atoms with Crippen LogP contribution in [-0.4, -0.2) is 36.6 Å². The number of nitrogens with one attached hydrogen (secondary N) is 1. The summed E-state index contributed by atoms with van der Waals surface area (Å²) in [6, 6.07) is 7.97. The van der Waals surface area contributed by atoms with Crippen LogP contribution in [0.3, 0.4) is 0 Å². The van der Waals surface area contributed by atoms with E-state index >= 15 is 0 Å². The van der Waals surface area contributed by atoms with Crippen LogP contribution in [0.2, 0.25) is 0 Å². The largest absolute Gasteiger partial charge is 1.00 e. The molecule has 0 bridgehead atoms. The van der Waals surface area contributed by atoms with Gasteiger partial charge >= 0.3 is 349 Å². The molecule has 0 radical (unpaired) electrons. The summed E-state index contributed by atoms with van der Waals surface area (Å²) in [5.41, 5.74) is 2.20. The van der Waals surface area contributed by atoms with Gasteiger partial charge in [-0.2, -0.15) is 0 Å². The Morgan fingerprint density at radius 2 is 1.26 bits per heavy atom. The molecule has 0 atom stereocenters. The summed E-state index contributed by atoms with van der Waals surface area (Å²) >= 11 is 0. The number of ether oxygens (including phenoxy) is 1. The minimum atomic E-state index is -0.852. The zero-order chi connectivity index (χ0) is 17.1. The van der Waals surface area contributed by atoms with Crippen LogP contribution in [0.5, 0.6) is 5.75 Å². The van der Waals surface area contributed by atoms with E-state index in [9.17, 15) is 9.59 Å². The summed E-state index contributed by atoms with van der Waals surface area (Å²) in [4.78, 5) is 20.2. The van der Waals surface area contributed by atoms with Crippen molar-refractivity contribution in [2.24, 2.45) is 0 Å². The summed E-state index contributed by atoms with van der Waals surface area (Å²) in [7, 11) is 2.65. The third-order valence-electron chi connectivity index (χ3n) is 1.41. The maximum atomic E-state index is 10.6. The fourth-order valence-electron chi connectivity index (χ4n) is 0.680. The Morgan fingerprint density at radius 1 is 0.889 bits per heavy atom. The Labute approximate surface area is 458 Å². The van der Waals surface area contributed by atoms with E-state index in [0.29, 0.717) is 5.75 Å². The number of hydrogen-bond acceptors (Lipinski definition) is 5. The number of hydrogen-bond donors (Lipinski definition) is 2. The van der Waals surface area contributed by atoms with Crippen LogP contribution >= 0.6 is 0 Å². The second kappa shape index (κ2) is 55.1. The number of para-hydroxylation sites is 1. The average molecular weight is 815 g/mol. The zero-order valence-electron chi connectivity index (χ0n) is 20.3. The van der Waals surface area contributed by atoms with E-state index in [-0.39, 0.29) is 352 Å². The minimum absolute atomic E-state index is 0. The Morgan fingerprint density at radius 3 is 1.48 bits per heavy atom. The molecule has 0 fully saturated rings. The van der Waals surface area contributed by atoms with E-state index in [0.717, 1.165) is 0 Å². The molecule has 0 unspecified atom stereocenters. The minimum Gasteiger partial charge on any atom is -1.00 e. The fourth-order valence-corrected chi connectivity index (χ4v) is 0.680. The molecule has 9 nitrogen and oxygen atoms in total.